The van der Waals surface area contributed by atoms with Crippen LogP contribution in [0.5, 0.6) is 17.5 Å². The average molecular weight is 427 g/mol. The van der Waals surface area contributed by atoms with Crippen LogP contribution in [0.2, 0.25) is 0 Å². The number of anilines is 2. The zero-order valence-electron chi connectivity index (χ0n) is 16.9. The number of benzene rings is 1. The van der Waals surface area contributed by atoms with Crippen molar-refractivity contribution in [2.75, 3.05) is 37.8 Å². The molecule has 8 nitrogen and oxygen atoms in total. The first-order valence-corrected chi connectivity index (χ1v) is 9.32. The lowest BCUT2D eigenvalue weighted by atomic mass is 10.0. The summed E-state index contributed by atoms with van der Waals surface area (Å²) in [6.45, 7) is 3.04. The fraction of sp³-hybridized carbons (Fsp3) is 0.474. The molecule has 164 valence electrons. The highest BCUT2D eigenvalue weighted by molar-refractivity contribution is 5.63. The minimum Gasteiger partial charge on any atom is -0.508 e. The molecule has 0 saturated heterocycles. The third-order valence-electron chi connectivity index (χ3n) is 4.51. The van der Waals surface area contributed by atoms with E-state index in [2.05, 4.69) is 14.7 Å². The Kier molecular flexibility index (Phi) is 6.11. The summed E-state index contributed by atoms with van der Waals surface area (Å²) in [5, 5.41) is 9.79. The third-order valence-corrected chi connectivity index (χ3v) is 4.51. The standard InChI is InChI=1S/C19H24F3N5O3/c1-11(9-26(2)3)29-18-24-14-10-27(7-6-13(14)17(23)25-18)15-8-12(28)4-5-16(15)30-19(20,21)22/h4-5,8,11,28H,6-7,9-10H2,1-3H3,(H2,23,24,25)/t11-/m1/s1. The molecule has 1 aromatic heterocycles. The molecule has 0 aliphatic carbocycles. The van der Waals surface area contributed by atoms with Crippen LogP contribution >= 0.6 is 0 Å². The molecule has 11 heteroatoms. The van der Waals surface area contributed by atoms with Gasteiger partial charge in [-0.2, -0.15) is 9.97 Å². The van der Waals surface area contributed by atoms with Gasteiger partial charge in [-0.1, -0.05) is 0 Å². The smallest absolute Gasteiger partial charge is 0.508 e. The molecule has 3 N–H and O–H groups in total. The molecule has 0 amide bonds. The highest BCUT2D eigenvalue weighted by Gasteiger charge is 2.33. The zero-order chi connectivity index (χ0) is 22.1. The van der Waals surface area contributed by atoms with Gasteiger partial charge in [-0.3, -0.25) is 0 Å². The van der Waals surface area contributed by atoms with Crippen molar-refractivity contribution in [3.8, 4) is 17.5 Å². The van der Waals surface area contributed by atoms with E-state index in [1.165, 1.54) is 6.07 Å². The van der Waals surface area contributed by atoms with Crippen LogP contribution in [0, 0.1) is 0 Å². The van der Waals surface area contributed by atoms with Gasteiger partial charge >= 0.3 is 12.4 Å². The normalized spacial score (nSPS) is 15.1. The van der Waals surface area contributed by atoms with Crippen molar-refractivity contribution in [3.63, 3.8) is 0 Å². The zero-order valence-corrected chi connectivity index (χ0v) is 16.9. The number of phenols is 1. The fourth-order valence-electron chi connectivity index (χ4n) is 3.39. The molecule has 1 aliphatic rings. The van der Waals surface area contributed by atoms with Gasteiger partial charge in [0.25, 0.3) is 0 Å². The van der Waals surface area contributed by atoms with Crippen molar-refractivity contribution in [1.29, 1.82) is 0 Å². The molecule has 1 aliphatic heterocycles. The van der Waals surface area contributed by atoms with Crippen LogP contribution in [0.4, 0.5) is 24.7 Å². The Morgan fingerprint density at radius 1 is 1.30 bits per heavy atom. The van der Waals surface area contributed by atoms with Gasteiger partial charge in [0, 0.05) is 24.7 Å². The number of halogens is 3. The van der Waals surface area contributed by atoms with Crippen LogP contribution in [-0.4, -0.2) is 59.6 Å². The maximum atomic E-state index is 12.8. The summed E-state index contributed by atoms with van der Waals surface area (Å²) in [6.07, 6.45) is -4.61. The summed E-state index contributed by atoms with van der Waals surface area (Å²) in [5.41, 5.74) is 7.47. The maximum absolute atomic E-state index is 12.8. The molecule has 0 fully saturated rings. The molecule has 0 bridgehead atoms. The van der Waals surface area contributed by atoms with Gasteiger partial charge in [0.05, 0.1) is 17.9 Å². The van der Waals surface area contributed by atoms with Gasteiger partial charge in [0.2, 0.25) is 0 Å². The monoisotopic (exact) mass is 427 g/mol. The molecular weight excluding hydrogens is 403 g/mol. The Morgan fingerprint density at radius 3 is 2.70 bits per heavy atom. The van der Waals surface area contributed by atoms with Crippen LogP contribution in [0.1, 0.15) is 18.2 Å². The number of nitrogens with two attached hydrogens (primary N) is 1. The molecule has 0 radical (unpaired) electrons. The lowest BCUT2D eigenvalue weighted by Crippen LogP contribution is -2.33. The molecule has 30 heavy (non-hydrogen) atoms. The quantitative estimate of drug-likeness (QED) is 0.726. The molecule has 3 rings (SSSR count). The number of rotatable bonds is 6. The van der Waals surface area contributed by atoms with Crippen LogP contribution in [0.3, 0.4) is 0 Å². The topological polar surface area (TPSA) is 97.0 Å². The molecular formula is C19H24F3N5O3. The summed E-state index contributed by atoms with van der Waals surface area (Å²) < 4.78 is 48.2. The number of nitrogen functional groups attached to an aromatic ring is 1. The number of nitrogens with zero attached hydrogens (tertiary/aromatic N) is 4. The van der Waals surface area contributed by atoms with Gasteiger partial charge in [-0.25, -0.2) is 0 Å². The van der Waals surface area contributed by atoms with E-state index in [1.807, 2.05) is 25.9 Å². The number of alkyl halides is 3. The fourth-order valence-corrected chi connectivity index (χ4v) is 3.39. The largest absolute Gasteiger partial charge is 0.573 e. The Hall–Kier alpha value is -2.95. The summed E-state index contributed by atoms with van der Waals surface area (Å²) in [5.74, 6) is -0.287. The van der Waals surface area contributed by atoms with E-state index in [0.29, 0.717) is 25.2 Å². The molecule has 1 aromatic carbocycles. The Balaban J connectivity index is 1.87. The van der Waals surface area contributed by atoms with Crippen molar-refractivity contribution in [2.24, 2.45) is 0 Å². The van der Waals surface area contributed by atoms with Crippen molar-refractivity contribution < 1.29 is 27.8 Å². The third kappa shape index (κ3) is 5.35. The number of fused-ring (bicyclic) bond motifs is 1. The second-order valence-corrected chi connectivity index (χ2v) is 7.38. The number of hydrogen-bond acceptors (Lipinski definition) is 8. The predicted octanol–water partition coefficient (Wildman–Crippen LogP) is 2.55. The summed E-state index contributed by atoms with van der Waals surface area (Å²) >= 11 is 0. The second-order valence-electron chi connectivity index (χ2n) is 7.38. The number of ether oxygens (including phenoxy) is 2. The van der Waals surface area contributed by atoms with E-state index >= 15 is 0 Å². The SMILES string of the molecule is C[C@H](CN(C)C)Oc1nc(N)c2c(n1)CN(c1cc(O)ccc1OC(F)(F)F)CC2. The van der Waals surface area contributed by atoms with Gasteiger partial charge < -0.3 is 30.1 Å². The van der Waals surface area contributed by atoms with Crippen LogP contribution in [-0.2, 0) is 13.0 Å². The molecule has 0 spiro atoms. The van der Waals surface area contributed by atoms with E-state index in [4.69, 9.17) is 10.5 Å². The van der Waals surface area contributed by atoms with Crippen molar-refractivity contribution in [3.05, 3.63) is 29.5 Å². The number of phenolic OH excluding ortho intramolecular Hbond substituents is 1. The molecule has 2 heterocycles. The lowest BCUT2D eigenvalue weighted by molar-refractivity contribution is -0.274. The van der Waals surface area contributed by atoms with E-state index in [0.717, 1.165) is 17.7 Å². The Bertz CT molecular complexity index is 908. The average Bonchev–Trinajstić information content (AvgIpc) is 2.61. The minimum absolute atomic E-state index is 0.110. The molecule has 2 aromatic rings. The van der Waals surface area contributed by atoms with Gasteiger partial charge in [0.1, 0.15) is 17.7 Å². The first-order chi connectivity index (χ1) is 14.0. The number of aromatic nitrogens is 2. The van der Waals surface area contributed by atoms with Crippen molar-refractivity contribution >= 4 is 11.5 Å². The van der Waals surface area contributed by atoms with E-state index in [9.17, 15) is 18.3 Å². The number of likely N-dealkylation sites (N-methyl/N-ethyl adjacent to an activating group) is 1. The van der Waals surface area contributed by atoms with E-state index in [-0.39, 0.29) is 35.9 Å². The highest BCUT2D eigenvalue weighted by atomic mass is 19.4. The molecule has 0 saturated carbocycles. The second kappa shape index (κ2) is 8.42. The summed E-state index contributed by atoms with van der Waals surface area (Å²) in [4.78, 5) is 12.2. The lowest BCUT2D eigenvalue weighted by Gasteiger charge is -2.32. The Morgan fingerprint density at radius 2 is 2.03 bits per heavy atom. The van der Waals surface area contributed by atoms with Gasteiger partial charge in [0.15, 0.2) is 5.75 Å². The number of hydrogen-bond donors (Lipinski definition) is 2. The predicted molar refractivity (Wildman–Crippen MR) is 105 cm³/mol. The number of aromatic hydroxyl groups is 1. The van der Waals surface area contributed by atoms with Crippen LogP contribution in [0.15, 0.2) is 18.2 Å². The summed E-state index contributed by atoms with van der Waals surface area (Å²) in [7, 11) is 3.82. The molecule has 0 unspecified atom stereocenters. The molecule has 1 atom stereocenters. The van der Waals surface area contributed by atoms with Crippen LogP contribution < -0.4 is 20.1 Å². The van der Waals surface area contributed by atoms with Crippen molar-refractivity contribution in [1.82, 2.24) is 14.9 Å². The first-order valence-electron chi connectivity index (χ1n) is 9.32. The Labute approximate surface area is 172 Å². The van der Waals surface area contributed by atoms with Crippen LogP contribution in [0.25, 0.3) is 0 Å². The maximum Gasteiger partial charge on any atom is 0.573 e. The summed E-state index contributed by atoms with van der Waals surface area (Å²) in [6, 6.07) is 3.57. The van der Waals surface area contributed by atoms with Gasteiger partial charge in [-0.15, -0.1) is 13.2 Å². The highest BCUT2D eigenvalue weighted by Crippen LogP contribution is 2.38. The van der Waals surface area contributed by atoms with E-state index in [1.54, 1.807) is 4.90 Å². The van der Waals surface area contributed by atoms with Gasteiger partial charge in [-0.05, 0) is 39.6 Å². The van der Waals surface area contributed by atoms with E-state index < -0.39 is 12.1 Å². The minimum atomic E-state index is -4.85. The first kappa shape index (κ1) is 21.8. The van der Waals surface area contributed by atoms with Crippen molar-refractivity contribution in [2.45, 2.75) is 32.4 Å².